The second-order valence-electron chi connectivity index (χ2n) is 4.86. The number of pyridine rings is 1. The number of para-hydroxylation sites is 1. The fraction of sp³-hybridized carbons (Fsp3) is 0.133. The first-order valence-electron chi connectivity index (χ1n) is 6.57. The van der Waals surface area contributed by atoms with E-state index in [1.165, 1.54) is 5.56 Å². The van der Waals surface area contributed by atoms with E-state index in [2.05, 4.69) is 26.3 Å². The van der Waals surface area contributed by atoms with Gasteiger partial charge in [-0.3, -0.25) is 0 Å². The van der Waals surface area contributed by atoms with Gasteiger partial charge >= 0.3 is 0 Å². The van der Waals surface area contributed by atoms with Crippen molar-refractivity contribution >= 4 is 22.5 Å². The Morgan fingerprint density at radius 3 is 3.00 bits per heavy atom. The number of hydrogen-bond donors (Lipinski definition) is 2. The summed E-state index contributed by atoms with van der Waals surface area (Å²) in [7, 11) is 0. The van der Waals surface area contributed by atoms with Gasteiger partial charge in [0.25, 0.3) is 0 Å². The molecule has 1 aliphatic rings. The molecule has 0 unspecified atom stereocenters. The van der Waals surface area contributed by atoms with E-state index >= 15 is 0 Å². The lowest BCUT2D eigenvalue weighted by atomic mass is 10.1. The number of fused-ring (bicyclic) bond motifs is 2. The molecule has 5 nitrogen and oxygen atoms in total. The summed E-state index contributed by atoms with van der Waals surface area (Å²) >= 11 is 0. The number of anilines is 2. The number of nitrogens with two attached hydrogens (primary N) is 1. The van der Waals surface area contributed by atoms with Crippen molar-refractivity contribution in [1.82, 2.24) is 15.0 Å². The molecule has 5 heteroatoms. The van der Waals surface area contributed by atoms with Gasteiger partial charge in [-0.15, -0.1) is 0 Å². The van der Waals surface area contributed by atoms with E-state index in [4.69, 9.17) is 5.73 Å². The van der Waals surface area contributed by atoms with Crippen LogP contribution < -0.4 is 11.1 Å². The van der Waals surface area contributed by atoms with Crippen molar-refractivity contribution in [2.75, 3.05) is 17.6 Å². The zero-order valence-electron chi connectivity index (χ0n) is 10.8. The number of aromatic nitrogens is 3. The molecule has 3 N–H and O–H groups in total. The van der Waals surface area contributed by atoms with Crippen LogP contribution in [0.4, 0.5) is 11.6 Å². The molecule has 3 heterocycles. The summed E-state index contributed by atoms with van der Waals surface area (Å²) in [4.78, 5) is 13.4. The Balaban J connectivity index is 1.90. The van der Waals surface area contributed by atoms with E-state index < -0.39 is 0 Å². The molecule has 1 aliphatic heterocycles. The summed E-state index contributed by atoms with van der Waals surface area (Å²) in [5.41, 5.74) is 8.99. The van der Waals surface area contributed by atoms with Gasteiger partial charge in [0.1, 0.15) is 11.6 Å². The average Bonchev–Trinajstić information content (AvgIpc) is 2.94. The monoisotopic (exact) mass is 263 g/mol. The third-order valence-electron chi connectivity index (χ3n) is 3.54. The second kappa shape index (κ2) is 4.16. The summed E-state index contributed by atoms with van der Waals surface area (Å²) in [6, 6.07) is 9.85. The van der Waals surface area contributed by atoms with Crippen LogP contribution in [0.25, 0.3) is 22.3 Å². The molecule has 1 aromatic carbocycles. The highest BCUT2D eigenvalue weighted by Gasteiger charge is 2.14. The third-order valence-corrected chi connectivity index (χ3v) is 3.54. The van der Waals surface area contributed by atoms with E-state index in [1.54, 1.807) is 6.20 Å². The standard InChI is InChI=1S/C15H13N5/c16-13-11-3-1-2-4-12(11)19-15(20-13)10-7-9-5-6-17-14(9)18-8-10/h1-4,7-8H,5-6H2,(H,17,18)(H2,16,19,20). The minimum atomic E-state index is 0.504. The summed E-state index contributed by atoms with van der Waals surface area (Å²) in [5.74, 6) is 2.09. The maximum absolute atomic E-state index is 6.02. The highest BCUT2D eigenvalue weighted by atomic mass is 15.0. The Hall–Kier alpha value is -2.69. The molecular formula is C15H13N5. The van der Waals surface area contributed by atoms with Gasteiger partial charge in [-0.25, -0.2) is 15.0 Å². The molecule has 4 rings (SSSR count). The van der Waals surface area contributed by atoms with Crippen LogP contribution in [0.15, 0.2) is 36.5 Å². The molecular weight excluding hydrogens is 250 g/mol. The molecule has 0 saturated carbocycles. The first-order valence-corrected chi connectivity index (χ1v) is 6.57. The molecule has 0 atom stereocenters. The maximum Gasteiger partial charge on any atom is 0.163 e. The Bertz CT molecular complexity index is 812. The average molecular weight is 263 g/mol. The summed E-state index contributed by atoms with van der Waals surface area (Å²) in [5, 5.41) is 4.12. The number of nitrogens with zero attached hydrogens (tertiary/aromatic N) is 3. The lowest BCUT2D eigenvalue weighted by Crippen LogP contribution is -1.98. The number of benzene rings is 1. The minimum Gasteiger partial charge on any atom is -0.383 e. The Morgan fingerprint density at radius 2 is 2.05 bits per heavy atom. The molecule has 0 bridgehead atoms. The fourth-order valence-electron chi connectivity index (χ4n) is 2.53. The summed E-state index contributed by atoms with van der Waals surface area (Å²) < 4.78 is 0. The van der Waals surface area contributed by atoms with Gasteiger partial charge in [-0.2, -0.15) is 0 Å². The van der Waals surface area contributed by atoms with Crippen LogP contribution in [-0.4, -0.2) is 21.5 Å². The quantitative estimate of drug-likeness (QED) is 0.704. The van der Waals surface area contributed by atoms with Gasteiger partial charge in [0.2, 0.25) is 0 Å². The maximum atomic E-state index is 6.02. The van der Waals surface area contributed by atoms with Crippen LogP contribution in [-0.2, 0) is 6.42 Å². The first kappa shape index (κ1) is 11.2. The molecule has 0 amide bonds. The fourth-order valence-corrected chi connectivity index (χ4v) is 2.53. The third kappa shape index (κ3) is 1.67. The van der Waals surface area contributed by atoms with Gasteiger partial charge in [-0.05, 0) is 30.2 Å². The second-order valence-corrected chi connectivity index (χ2v) is 4.86. The highest BCUT2D eigenvalue weighted by molar-refractivity contribution is 5.89. The van der Waals surface area contributed by atoms with Crippen molar-refractivity contribution in [2.45, 2.75) is 6.42 Å². The predicted molar refractivity (Wildman–Crippen MR) is 79.4 cm³/mol. The Morgan fingerprint density at radius 1 is 1.15 bits per heavy atom. The van der Waals surface area contributed by atoms with Crippen molar-refractivity contribution in [1.29, 1.82) is 0 Å². The van der Waals surface area contributed by atoms with Crippen LogP contribution in [0.2, 0.25) is 0 Å². The van der Waals surface area contributed by atoms with E-state index in [-0.39, 0.29) is 0 Å². The van der Waals surface area contributed by atoms with Crippen LogP contribution in [0.3, 0.4) is 0 Å². The molecule has 98 valence electrons. The van der Waals surface area contributed by atoms with E-state index in [0.717, 1.165) is 35.2 Å². The number of nitrogen functional groups attached to an aromatic ring is 1. The SMILES string of the molecule is Nc1nc(-c2cnc3c(c2)CCN3)nc2ccccc12. The summed E-state index contributed by atoms with van der Waals surface area (Å²) in [6.45, 7) is 0.937. The Labute approximate surface area is 115 Å². The number of nitrogens with one attached hydrogen (secondary N) is 1. The highest BCUT2D eigenvalue weighted by Crippen LogP contribution is 2.26. The predicted octanol–water partition coefficient (Wildman–Crippen LogP) is 2.24. The molecule has 0 saturated heterocycles. The lowest BCUT2D eigenvalue weighted by molar-refractivity contribution is 1.10. The number of rotatable bonds is 1. The van der Waals surface area contributed by atoms with Crippen LogP contribution >= 0.6 is 0 Å². The zero-order chi connectivity index (χ0) is 13.5. The number of hydrogen-bond acceptors (Lipinski definition) is 5. The molecule has 0 radical (unpaired) electrons. The Kier molecular flexibility index (Phi) is 2.32. The first-order chi connectivity index (χ1) is 9.81. The lowest BCUT2D eigenvalue weighted by Gasteiger charge is -2.06. The zero-order valence-corrected chi connectivity index (χ0v) is 10.8. The molecule has 0 fully saturated rings. The van der Waals surface area contributed by atoms with Crippen molar-refractivity contribution in [3.8, 4) is 11.4 Å². The van der Waals surface area contributed by atoms with Crippen LogP contribution in [0, 0.1) is 0 Å². The minimum absolute atomic E-state index is 0.504. The molecule has 0 spiro atoms. The normalized spacial score (nSPS) is 13.2. The van der Waals surface area contributed by atoms with Crippen molar-refractivity contribution in [3.05, 3.63) is 42.1 Å². The van der Waals surface area contributed by atoms with Gasteiger partial charge in [0, 0.05) is 23.7 Å². The van der Waals surface area contributed by atoms with Crippen molar-refractivity contribution < 1.29 is 0 Å². The molecule has 3 aromatic rings. The van der Waals surface area contributed by atoms with E-state index in [1.807, 2.05) is 24.3 Å². The molecule has 2 aromatic heterocycles. The van der Waals surface area contributed by atoms with E-state index in [0.29, 0.717) is 11.6 Å². The van der Waals surface area contributed by atoms with Crippen LogP contribution in [0.1, 0.15) is 5.56 Å². The van der Waals surface area contributed by atoms with Crippen LogP contribution in [0.5, 0.6) is 0 Å². The van der Waals surface area contributed by atoms with Crippen molar-refractivity contribution in [3.63, 3.8) is 0 Å². The van der Waals surface area contributed by atoms with Gasteiger partial charge < -0.3 is 11.1 Å². The molecule has 0 aliphatic carbocycles. The summed E-state index contributed by atoms with van der Waals surface area (Å²) in [6.07, 6.45) is 2.78. The van der Waals surface area contributed by atoms with Gasteiger partial charge in [0.05, 0.1) is 5.52 Å². The molecule has 20 heavy (non-hydrogen) atoms. The van der Waals surface area contributed by atoms with Gasteiger partial charge in [-0.1, -0.05) is 12.1 Å². The topological polar surface area (TPSA) is 76.7 Å². The van der Waals surface area contributed by atoms with Gasteiger partial charge in [0.15, 0.2) is 5.82 Å². The largest absolute Gasteiger partial charge is 0.383 e. The smallest absolute Gasteiger partial charge is 0.163 e. The van der Waals surface area contributed by atoms with E-state index in [9.17, 15) is 0 Å². The van der Waals surface area contributed by atoms with Crippen molar-refractivity contribution in [2.24, 2.45) is 0 Å².